The van der Waals surface area contributed by atoms with E-state index in [1.165, 1.54) is 11.6 Å². The number of hydrogen-bond acceptors (Lipinski definition) is 1. The zero-order chi connectivity index (χ0) is 18.4. The molecule has 0 radical (unpaired) electrons. The number of hydrogen-bond donors (Lipinski definition) is 2. The molecule has 0 atom stereocenters. The highest BCUT2D eigenvalue weighted by atomic mass is 19.1. The van der Waals surface area contributed by atoms with Gasteiger partial charge in [-0.2, -0.15) is 0 Å². The highest BCUT2D eigenvalue weighted by Crippen LogP contribution is 2.12. The van der Waals surface area contributed by atoms with Crippen LogP contribution in [0.15, 0.2) is 66.9 Å². The number of urea groups is 1. The third kappa shape index (κ3) is 4.51. The first-order valence-electron chi connectivity index (χ1n) is 8.67. The molecular weight excluding hydrogens is 329 g/mol. The maximum absolute atomic E-state index is 13.8. The van der Waals surface area contributed by atoms with Crippen LogP contribution in [-0.2, 0) is 19.5 Å². The number of carbonyl (C=O) groups is 1. The summed E-state index contributed by atoms with van der Waals surface area (Å²) in [4.78, 5) is 12.1. The van der Waals surface area contributed by atoms with Crippen LogP contribution in [0.3, 0.4) is 0 Å². The standard InChI is InChI=1S/C21H22FN3O/c1-2-16-9-11-18(12-10-16)24-21(26)23-14-19-7-5-13-25(19)15-17-6-3-4-8-20(17)22/h3-13H,2,14-15H2,1H3,(H2,23,24,26). The van der Waals surface area contributed by atoms with Crippen molar-refractivity contribution in [1.29, 1.82) is 0 Å². The van der Waals surface area contributed by atoms with Gasteiger partial charge in [0.15, 0.2) is 0 Å². The van der Waals surface area contributed by atoms with E-state index >= 15 is 0 Å². The van der Waals surface area contributed by atoms with Gasteiger partial charge in [0.05, 0.1) is 13.1 Å². The number of nitrogens with one attached hydrogen (secondary N) is 2. The quantitative estimate of drug-likeness (QED) is 0.672. The van der Waals surface area contributed by atoms with Gasteiger partial charge in [0.25, 0.3) is 0 Å². The van der Waals surface area contributed by atoms with Crippen LogP contribution in [0.1, 0.15) is 23.7 Å². The van der Waals surface area contributed by atoms with Crippen LogP contribution in [0, 0.1) is 5.82 Å². The molecule has 0 aliphatic rings. The fourth-order valence-corrected chi connectivity index (χ4v) is 2.74. The Morgan fingerprint density at radius 3 is 2.54 bits per heavy atom. The van der Waals surface area contributed by atoms with E-state index in [1.54, 1.807) is 12.1 Å². The Kier molecular flexibility index (Phi) is 5.69. The number of aromatic nitrogens is 1. The van der Waals surface area contributed by atoms with Crippen LogP contribution in [0.4, 0.5) is 14.9 Å². The lowest BCUT2D eigenvalue weighted by atomic mass is 10.1. The summed E-state index contributed by atoms with van der Waals surface area (Å²) in [5.74, 6) is -0.228. The molecule has 4 nitrogen and oxygen atoms in total. The summed E-state index contributed by atoms with van der Waals surface area (Å²) < 4.78 is 15.8. The molecule has 0 saturated carbocycles. The van der Waals surface area contributed by atoms with Gasteiger partial charge in [0.1, 0.15) is 5.82 Å². The fourth-order valence-electron chi connectivity index (χ4n) is 2.74. The molecule has 5 heteroatoms. The number of carbonyl (C=O) groups excluding carboxylic acids is 1. The van der Waals surface area contributed by atoms with Crippen LogP contribution in [0.2, 0.25) is 0 Å². The lowest BCUT2D eigenvalue weighted by Gasteiger charge is -2.12. The molecule has 0 fully saturated rings. The van der Waals surface area contributed by atoms with Crippen LogP contribution < -0.4 is 10.6 Å². The number of benzene rings is 2. The maximum atomic E-state index is 13.8. The Labute approximate surface area is 152 Å². The van der Waals surface area contributed by atoms with E-state index < -0.39 is 0 Å². The first-order valence-corrected chi connectivity index (χ1v) is 8.67. The summed E-state index contributed by atoms with van der Waals surface area (Å²) >= 11 is 0. The van der Waals surface area contributed by atoms with Gasteiger partial charge in [-0.1, -0.05) is 37.3 Å². The Hall–Kier alpha value is -3.08. The number of halogens is 1. The Balaban J connectivity index is 1.57. The summed E-state index contributed by atoms with van der Waals surface area (Å²) in [6, 6.07) is 18.0. The highest BCUT2D eigenvalue weighted by Gasteiger charge is 2.07. The smallest absolute Gasteiger partial charge is 0.319 e. The lowest BCUT2D eigenvalue weighted by molar-refractivity contribution is 0.251. The third-order valence-corrected chi connectivity index (χ3v) is 4.27. The minimum Gasteiger partial charge on any atom is -0.345 e. The summed E-state index contributed by atoms with van der Waals surface area (Å²) in [6.07, 6.45) is 2.84. The molecule has 2 aromatic carbocycles. The Morgan fingerprint density at radius 2 is 1.81 bits per heavy atom. The van der Waals surface area contributed by atoms with E-state index in [0.29, 0.717) is 18.7 Å². The monoisotopic (exact) mass is 351 g/mol. The third-order valence-electron chi connectivity index (χ3n) is 4.27. The minimum atomic E-state index is -0.270. The molecule has 2 amide bonds. The van der Waals surface area contributed by atoms with Crippen molar-refractivity contribution in [1.82, 2.24) is 9.88 Å². The zero-order valence-electron chi connectivity index (χ0n) is 14.7. The molecule has 0 aliphatic carbocycles. The summed E-state index contributed by atoms with van der Waals surface area (Å²) in [6.45, 7) is 2.88. The predicted octanol–water partition coefficient (Wildman–Crippen LogP) is 4.56. The first-order chi connectivity index (χ1) is 12.7. The van der Waals surface area contributed by atoms with Gasteiger partial charge in [0, 0.05) is 23.1 Å². The van der Waals surface area contributed by atoms with Gasteiger partial charge in [-0.25, -0.2) is 9.18 Å². The van der Waals surface area contributed by atoms with E-state index in [2.05, 4.69) is 17.6 Å². The molecule has 0 spiro atoms. The first kappa shape index (κ1) is 17.7. The molecule has 1 heterocycles. The molecule has 1 aromatic heterocycles. The number of anilines is 1. The Bertz CT molecular complexity index is 871. The van der Waals surface area contributed by atoms with Crippen LogP contribution in [0.25, 0.3) is 0 Å². The second-order valence-electron chi connectivity index (χ2n) is 6.08. The van der Waals surface area contributed by atoms with Crippen molar-refractivity contribution in [3.63, 3.8) is 0 Å². The molecule has 26 heavy (non-hydrogen) atoms. The van der Waals surface area contributed by atoms with Crippen molar-refractivity contribution < 1.29 is 9.18 Å². The molecule has 3 rings (SSSR count). The molecule has 134 valence electrons. The minimum absolute atomic E-state index is 0.228. The predicted molar refractivity (Wildman–Crippen MR) is 102 cm³/mol. The lowest BCUT2D eigenvalue weighted by Crippen LogP contribution is -2.29. The van der Waals surface area contributed by atoms with E-state index in [1.807, 2.05) is 53.2 Å². The van der Waals surface area contributed by atoms with Crippen LogP contribution in [0.5, 0.6) is 0 Å². The molecule has 3 aromatic rings. The largest absolute Gasteiger partial charge is 0.345 e. The zero-order valence-corrected chi connectivity index (χ0v) is 14.7. The fraction of sp³-hybridized carbons (Fsp3) is 0.190. The highest BCUT2D eigenvalue weighted by molar-refractivity contribution is 5.89. The SMILES string of the molecule is CCc1ccc(NC(=O)NCc2cccn2Cc2ccccc2F)cc1. The summed E-state index contributed by atoms with van der Waals surface area (Å²) in [5, 5.41) is 5.65. The number of nitrogens with zero attached hydrogens (tertiary/aromatic N) is 1. The van der Waals surface area contributed by atoms with Gasteiger partial charge < -0.3 is 15.2 Å². The van der Waals surface area contributed by atoms with Crippen molar-refractivity contribution in [2.24, 2.45) is 0 Å². The number of rotatable bonds is 6. The van der Waals surface area contributed by atoms with Gasteiger partial charge in [-0.15, -0.1) is 0 Å². The second kappa shape index (κ2) is 8.34. The number of aryl methyl sites for hydroxylation is 1. The van der Waals surface area contributed by atoms with E-state index in [0.717, 1.165) is 17.8 Å². The summed E-state index contributed by atoms with van der Waals surface area (Å²) in [7, 11) is 0. The van der Waals surface area contributed by atoms with Crippen molar-refractivity contribution in [2.75, 3.05) is 5.32 Å². The molecule has 2 N–H and O–H groups in total. The molecule has 0 saturated heterocycles. The average Bonchev–Trinajstić information content (AvgIpc) is 3.10. The maximum Gasteiger partial charge on any atom is 0.319 e. The van der Waals surface area contributed by atoms with Crippen molar-refractivity contribution in [2.45, 2.75) is 26.4 Å². The topological polar surface area (TPSA) is 46.1 Å². The van der Waals surface area contributed by atoms with E-state index in [4.69, 9.17) is 0 Å². The van der Waals surface area contributed by atoms with Gasteiger partial charge in [-0.3, -0.25) is 0 Å². The van der Waals surface area contributed by atoms with Gasteiger partial charge >= 0.3 is 6.03 Å². The van der Waals surface area contributed by atoms with E-state index in [-0.39, 0.29) is 11.8 Å². The second-order valence-corrected chi connectivity index (χ2v) is 6.08. The molecule has 0 unspecified atom stereocenters. The van der Waals surface area contributed by atoms with Crippen molar-refractivity contribution >= 4 is 11.7 Å². The Morgan fingerprint density at radius 1 is 1.04 bits per heavy atom. The molecular formula is C21H22FN3O. The van der Waals surface area contributed by atoms with Gasteiger partial charge in [0.2, 0.25) is 0 Å². The summed E-state index contributed by atoms with van der Waals surface area (Å²) in [5.41, 5.74) is 3.50. The normalized spacial score (nSPS) is 10.5. The van der Waals surface area contributed by atoms with E-state index in [9.17, 15) is 9.18 Å². The van der Waals surface area contributed by atoms with Crippen LogP contribution in [-0.4, -0.2) is 10.6 Å². The van der Waals surface area contributed by atoms with Crippen LogP contribution >= 0.6 is 0 Å². The molecule has 0 bridgehead atoms. The van der Waals surface area contributed by atoms with Crippen molar-refractivity contribution in [3.05, 3.63) is 89.5 Å². The molecule has 0 aliphatic heterocycles. The number of amides is 2. The average molecular weight is 351 g/mol. The van der Waals surface area contributed by atoms with Crippen molar-refractivity contribution in [3.8, 4) is 0 Å². The van der Waals surface area contributed by atoms with Gasteiger partial charge in [-0.05, 0) is 42.3 Å².